The zero-order chi connectivity index (χ0) is 16.8. The maximum Gasteiger partial charge on any atom is -0.0162 e. The first-order valence-corrected chi connectivity index (χ1v) is 10.1. The van der Waals surface area contributed by atoms with Crippen molar-refractivity contribution in [2.24, 2.45) is 11.8 Å². The van der Waals surface area contributed by atoms with Gasteiger partial charge in [-0.05, 0) is 99.0 Å². The Morgan fingerprint density at radius 3 is 1.25 bits per heavy atom. The molecule has 0 atom stereocenters. The summed E-state index contributed by atoms with van der Waals surface area (Å²) in [5.41, 5.74) is 3.16. The first kappa shape index (κ1) is 17.5. The van der Waals surface area contributed by atoms with Crippen molar-refractivity contribution in [3.05, 3.63) is 60.7 Å². The Hall–Kier alpha value is -1.30. The highest BCUT2D eigenvalue weighted by Gasteiger charge is 2.23. The molecular weight excluding hydrogens is 288 g/mol. The molecule has 0 saturated heterocycles. The van der Waals surface area contributed by atoms with E-state index in [9.17, 15) is 0 Å². The molecule has 130 valence electrons. The second-order valence-corrected chi connectivity index (χ2v) is 8.15. The quantitative estimate of drug-likeness (QED) is 0.479. The van der Waals surface area contributed by atoms with Gasteiger partial charge in [0.1, 0.15) is 0 Å². The topological polar surface area (TPSA) is 0 Å². The van der Waals surface area contributed by atoms with Gasteiger partial charge in [-0.1, -0.05) is 36.4 Å². The Morgan fingerprint density at radius 1 is 0.625 bits per heavy atom. The summed E-state index contributed by atoms with van der Waals surface area (Å²) in [6, 6.07) is 9.74. The molecule has 0 heteroatoms. The monoisotopic (exact) mass is 322 g/mol. The maximum absolute atomic E-state index is 3.90. The maximum atomic E-state index is 3.90. The van der Waals surface area contributed by atoms with Crippen LogP contribution >= 0.6 is 0 Å². The summed E-state index contributed by atoms with van der Waals surface area (Å²) < 4.78 is 0. The SMILES string of the molecule is C=CCC1CCC(c2ccc(C3CCC(CC=C)CC3)cc2)CC1. The van der Waals surface area contributed by atoms with Crippen LogP contribution in [0.15, 0.2) is 49.6 Å². The van der Waals surface area contributed by atoms with E-state index in [0.29, 0.717) is 0 Å². The average molecular weight is 323 g/mol. The standard InChI is InChI=1S/C24H34/c1-3-5-19-7-11-21(12-8-19)23-15-17-24(18-16-23)22-13-9-20(6-4-2)10-14-22/h3-4,15-22H,1-2,5-14H2. The molecule has 0 radical (unpaired) electrons. The van der Waals surface area contributed by atoms with Gasteiger partial charge in [0.05, 0.1) is 0 Å². The van der Waals surface area contributed by atoms with Crippen LogP contribution < -0.4 is 0 Å². The van der Waals surface area contributed by atoms with Crippen LogP contribution in [0.5, 0.6) is 0 Å². The van der Waals surface area contributed by atoms with Crippen molar-refractivity contribution in [1.29, 1.82) is 0 Å². The molecule has 0 aliphatic heterocycles. The predicted molar refractivity (Wildman–Crippen MR) is 105 cm³/mol. The van der Waals surface area contributed by atoms with Crippen molar-refractivity contribution in [3.63, 3.8) is 0 Å². The van der Waals surface area contributed by atoms with Gasteiger partial charge in [0.15, 0.2) is 0 Å². The second kappa shape index (κ2) is 8.70. The van der Waals surface area contributed by atoms with Gasteiger partial charge in [-0.25, -0.2) is 0 Å². The van der Waals surface area contributed by atoms with Gasteiger partial charge in [0.2, 0.25) is 0 Å². The van der Waals surface area contributed by atoms with Crippen molar-refractivity contribution < 1.29 is 0 Å². The lowest BCUT2D eigenvalue weighted by Crippen LogP contribution is -2.14. The molecule has 0 N–H and O–H groups in total. The lowest BCUT2D eigenvalue weighted by Gasteiger charge is -2.30. The van der Waals surface area contributed by atoms with Crippen LogP contribution in [-0.4, -0.2) is 0 Å². The molecule has 0 amide bonds. The van der Waals surface area contributed by atoms with Crippen molar-refractivity contribution in [1.82, 2.24) is 0 Å². The molecule has 0 heterocycles. The fraction of sp³-hybridized carbons (Fsp3) is 0.583. The van der Waals surface area contributed by atoms with Crippen LogP contribution in [0.4, 0.5) is 0 Å². The summed E-state index contributed by atoms with van der Waals surface area (Å²) in [5.74, 6) is 3.37. The van der Waals surface area contributed by atoms with E-state index in [0.717, 1.165) is 23.7 Å². The van der Waals surface area contributed by atoms with Crippen LogP contribution in [0.1, 0.15) is 87.2 Å². The smallest absolute Gasteiger partial charge is 0.0162 e. The molecule has 0 aromatic heterocycles. The molecule has 3 rings (SSSR count). The van der Waals surface area contributed by atoms with E-state index in [2.05, 4.69) is 49.6 Å². The number of allylic oxidation sites excluding steroid dienone is 2. The third-order valence-electron chi connectivity index (χ3n) is 6.57. The molecule has 2 saturated carbocycles. The summed E-state index contributed by atoms with van der Waals surface area (Å²) in [4.78, 5) is 0. The Kier molecular flexibility index (Phi) is 6.35. The van der Waals surface area contributed by atoms with Crippen molar-refractivity contribution >= 4 is 0 Å². The third-order valence-corrected chi connectivity index (χ3v) is 6.57. The fourth-order valence-electron chi connectivity index (χ4n) is 4.97. The van der Waals surface area contributed by atoms with Gasteiger partial charge in [0.25, 0.3) is 0 Å². The second-order valence-electron chi connectivity index (χ2n) is 8.15. The van der Waals surface area contributed by atoms with E-state index in [4.69, 9.17) is 0 Å². The van der Waals surface area contributed by atoms with Crippen LogP contribution in [0.25, 0.3) is 0 Å². The number of rotatable bonds is 6. The molecule has 0 spiro atoms. The van der Waals surface area contributed by atoms with Crippen LogP contribution in [0, 0.1) is 11.8 Å². The van der Waals surface area contributed by atoms with Crippen LogP contribution in [0.3, 0.4) is 0 Å². The summed E-state index contributed by atoms with van der Waals surface area (Å²) in [5, 5.41) is 0. The van der Waals surface area contributed by atoms with Crippen molar-refractivity contribution in [2.45, 2.75) is 76.0 Å². The molecule has 0 nitrogen and oxygen atoms in total. The van der Waals surface area contributed by atoms with Crippen molar-refractivity contribution in [2.75, 3.05) is 0 Å². The molecule has 2 aliphatic carbocycles. The lowest BCUT2D eigenvalue weighted by molar-refractivity contribution is 0.326. The molecule has 0 unspecified atom stereocenters. The van der Waals surface area contributed by atoms with E-state index in [1.165, 1.54) is 64.2 Å². The number of hydrogen-bond acceptors (Lipinski definition) is 0. The number of hydrogen-bond donors (Lipinski definition) is 0. The fourth-order valence-corrected chi connectivity index (χ4v) is 4.97. The molecule has 24 heavy (non-hydrogen) atoms. The Morgan fingerprint density at radius 2 is 0.958 bits per heavy atom. The highest BCUT2D eigenvalue weighted by molar-refractivity contribution is 5.28. The zero-order valence-electron chi connectivity index (χ0n) is 15.3. The highest BCUT2D eigenvalue weighted by Crippen LogP contribution is 2.40. The Bertz CT molecular complexity index is 458. The van der Waals surface area contributed by atoms with E-state index in [1.807, 2.05) is 0 Å². The minimum atomic E-state index is 0.795. The molecular formula is C24H34. The zero-order valence-corrected chi connectivity index (χ0v) is 15.3. The van der Waals surface area contributed by atoms with Crippen LogP contribution in [-0.2, 0) is 0 Å². The molecule has 0 bridgehead atoms. The normalized spacial score (nSPS) is 30.7. The van der Waals surface area contributed by atoms with E-state index >= 15 is 0 Å². The Balaban J connectivity index is 1.53. The van der Waals surface area contributed by atoms with Gasteiger partial charge >= 0.3 is 0 Å². The van der Waals surface area contributed by atoms with Crippen molar-refractivity contribution in [3.8, 4) is 0 Å². The third kappa shape index (κ3) is 4.41. The van der Waals surface area contributed by atoms with Crippen LogP contribution in [0.2, 0.25) is 0 Å². The highest BCUT2D eigenvalue weighted by atomic mass is 14.3. The van der Waals surface area contributed by atoms with Gasteiger partial charge in [-0.15, -0.1) is 13.2 Å². The average Bonchev–Trinajstić information content (AvgIpc) is 2.64. The van der Waals surface area contributed by atoms with E-state index in [-0.39, 0.29) is 0 Å². The molecule has 2 aliphatic rings. The molecule has 2 fully saturated rings. The van der Waals surface area contributed by atoms with Gasteiger partial charge in [-0.3, -0.25) is 0 Å². The summed E-state index contributed by atoms with van der Waals surface area (Å²) in [7, 11) is 0. The Labute approximate surface area is 149 Å². The van der Waals surface area contributed by atoms with Gasteiger partial charge < -0.3 is 0 Å². The largest absolute Gasteiger partial charge is 0.103 e. The summed E-state index contributed by atoms with van der Waals surface area (Å²) in [6.07, 6.45) is 17.6. The lowest BCUT2D eigenvalue weighted by atomic mass is 9.75. The molecule has 1 aromatic rings. The summed E-state index contributed by atoms with van der Waals surface area (Å²) >= 11 is 0. The van der Waals surface area contributed by atoms with E-state index in [1.54, 1.807) is 11.1 Å². The predicted octanol–water partition coefficient (Wildman–Crippen LogP) is 7.39. The van der Waals surface area contributed by atoms with E-state index < -0.39 is 0 Å². The van der Waals surface area contributed by atoms with Gasteiger partial charge in [0, 0.05) is 0 Å². The minimum absolute atomic E-state index is 0.795. The molecule has 1 aromatic carbocycles. The number of benzene rings is 1. The first-order valence-electron chi connectivity index (χ1n) is 10.1. The van der Waals surface area contributed by atoms with Gasteiger partial charge in [-0.2, -0.15) is 0 Å². The minimum Gasteiger partial charge on any atom is -0.103 e. The first-order chi connectivity index (χ1) is 11.8. The summed E-state index contributed by atoms with van der Waals surface area (Å²) in [6.45, 7) is 7.79.